The van der Waals surface area contributed by atoms with Gasteiger partial charge in [0.15, 0.2) is 5.69 Å². The van der Waals surface area contributed by atoms with Crippen LogP contribution in [0.5, 0.6) is 0 Å². The normalized spacial score (nSPS) is 11.0. The average Bonchev–Trinajstić information content (AvgIpc) is 3.57. The minimum atomic E-state index is -0.276. The van der Waals surface area contributed by atoms with Gasteiger partial charge in [-0.3, -0.25) is 14.2 Å². The van der Waals surface area contributed by atoms with Crippen molar-refractivity contribution >= 4 is 22.6 Å². The molecule has 4 aromatic heterocycles. The number of carbonyl (C=O) groups excluding carboxylic acids is 1. The van der Waals surface area contributed by atoms with Crippen molar-refractivity contribution < 1.29 is 4.79 Å². The lowest BCUT2D eigenvalue weighted by Crippen LogP contribution is -2.08. The summed E-state index contributed by atoms with van der Waals surface area (Å²) < 4.78 is 3.38. The molecule has 0 spiro atoms. The molecule has 9 nitrogen and oxygen atoms in total. The first-order chi connectivity index (χ1) is 17.3. The van der Waals surface area contributed by atoms with Gasteiger partial charge in [-0.2, -0.15) is 15.5 Å². The van der Waals surface area contributed by atoms with Crippen LogP contribution in [0.15, 0.2) is 55.6 Å². The molecule has 0 aliphatic carbocycles. The molecule has 0 atom stereocenters. The van der Waals surface area contributed by atoms with Crippen molar-refractivity contribution in [3.63, 3.8) is 0 Å². The van der Waals surface area contributed by atoms with Crippen LogP contribution in [-0.4, -0.2) is 35.4 Å². The van der Waals surface area contributed by atoms with Gasteiger partial charge < -0.3 is 10.3 Å². The van der Waals surface area contributed by atoms with Crippen LogP contribution in [-0.2, 0) is 18.9 Å². The maximum atomic E-state index is 12.1. The van der Waals surface area contributed by atoms with Gasteiger partial charge in [0.1, 0.15) is 11.7 Å². The highest BCUT2D eigenvalue weighted by Crippen LogP contribution is 2.42. The molecular weight excluding hydrogens is 452 g/mol. The van der Waals surface area contributed by atoms with E-state index in [1.54, 1.807) is 28.8 Å². The average molecular weight is 477 g/mol. The van der Waals surface area contributed by atoms with Crippen LogP contribution in [0.4, 0.5) is 5.69 Å². The zero-order valence-electron chi connectivity index (χ0n) is 20.4. The molecule has 0 radical (unpaired) electrons. The molecule has 0 bridgehead atoms. The van der Waals surface area contributed by atoms with Gasteiger partial charge in [0.2, 0.25) is 5.91 Å². The summed E-state index contributed by atoms with van der Waals surface area (Å²) in [4.78, 5) is 20.3. The molecule has 4 heterocycles. The van der Waals surface area contributed by atoms with Crippen molar-refractivity contribution in [2.45, 2.75) is 13.8 Å². The zero-order valence-corrected chi connectivity index (χ0v) is 20.4. The maximum absolute atomic E-state index is 12.1. The molecule has 0 aliphatic rings. The second-order valence-electron chi connectivity index (χ2n) is 8.70. The van der Waals surface area contributed by atoms with E-state index in [2.05, 4.69) is 33.1 Å². The van der Waals surface area contributed by atoms with Gasteiger partial charge in [-0.25, -0.2) is 4.98 Å². The second kappa shape index (κ2) is 8.67. The van der Waals surface area contributed by atoms with E-state index < -0.39 is 0 Å². The first-order valence-corrected chi connectivity index (χ1v) is 11.3. The number of fused-ring (bicyclic) bond motifs is 1. The Labute approximate surface area is 207 Å². The van der Waals surface area contributed by atoms with Crippen LogP contribution >= 0.6 is 0 Å². The summed E-state index contributed by atoms with van der Waals surface area (Å²) in [6.07, 6.45) is 8.59. The van der Waals surface area contributed by atoms with Crippen LogP contribution in [0.1, 0.15) is 16.8 Å². The molecule has 5 aromatic rings. The highest BCUT2D eigenvalue weighted by atomic mass is 16.1. The topological polar surface area (TPSA) is 117 Å². The lowest BCUT2D eigenvalue weighted by atomic mass is 9.93. The van der Waals surface area contributed by atoms with E-state index in [0.717, 1.165) is 50.0 Å². The lowest BCUT2D eigenvalue weighted by Gasteiger charge is -2.12. The molecule has 0 aliphatic heterocycles. The number of nitrogens with zero attached hydrogens (tertiary/aromatic N) is 6. The molecule has 1 aromatic carbocycles. The summed E-state index contributed by atoms with van der Waals surface area (Å²) >= 11 is 0. The van der Waals surface area contributed by atoms with Crippen molar-refractivity contribution in [2.75, 3.05) is 5.32 Å². The third-order valence-electron chi connectivity index (χ3n) is 6.27. The smallest absolute Gasteiger partial charge is 0.247 e. The SMILES string of the molecule is C=CC(=O)Nc1cc(-c2c(-c3cnn(C)c3)[nH]c3ncc(-c4cn(C)nc4C#N)c(C)c23)ccc1C. The van der Waals surface area contributed by atoms with Crippen LogP contribution in [0, 0.1) is 25.2 Å². The van der Waals surface area contributed by atoms with Crippen LogP contribution in [0.2, 0.25) is 0 Å². The fourth-order valence-corrected chi connectivity index (χ4v) is 4.50. The molecular formula is C27H24N8O. The number of hydrogen-bond acceptors (Lipinski definition) is 5. The fourth-order valence-electron chi connectivity index (χ4n) is 4.50. The van der Waals surface area contributed by atoms with E-state index >= 15 is 0 Å². The van der Waals surface area contributed by atoms with Gasteiger partial charge in [0.05, 0.1) is 11.9 Å². The molecule has 0 unspecified atom stereocenters. The standard InChI is InChI=1S/C27H24N8O/c1-6-23(36)31-21-9-17(8-7-15(21)2)25-24-16(3)19(20-14-35(5)33-22(20)10-28)12-29-27(24)32-26(25)18-11-30-34(4)13-18/h6-9,11-14H,1H2,2-5H3,(H,29,32)(H,31,36). The number of nitriles is 1. The van der Waals surface area contributed by atoms with E-state index in [4.69, 9.17) is 4.98 Å². The number of amides is 1. The van der Waals surface area contributed by atoms with E-state index in [-0.39, 0.29) is 5.91 Å². The summed E-state index contributed by atoms with van der Waals surface area (Å²) in [5, 5.41) is 22.1. The van der Waals surface area contributed by atoms with Crippen LogP contribution in [0.25, 0.3) is 44.5 Å². The Kier molecular flexibility index (Phi) is 5.49. The Hall–Kier alpha value is -4.97. The highest BCUT2D eigenvalue weighted by molar-refractivity contribution is 6.07. The van der Waals surface area contributed by atoms with Crippen molar-refractivity contribution in [1.29, 1.82) is 5.26 Å². The quantitative estimate of drug-likeness (QED) is 0.358. The minimum Gasteiger partial charge on any atom is -0.339 e. The minimum absolute atomic E-state index is 0.276. The predicted octanol–water partition coefficient (Wildman–Crippen LogP) is 4.64. The molecule has 0 saturated heterocycles. The zero-order chi connectivity index (χ0) is 25.6. The molecule has 36 heavy (non-hydrogen) atoms. The summed E-state index contributed by atoms with van der Waals surface area (Å²) in [5.41, 5.74) is 8.81. The van der Waals surface area contributed by atoms with E-state index in [1.165, 1.54) is 6.08 Å². The number of anilines is 1. The first-order valence-electron chi connectivity index (χ1n) is 11.3. The Morgan fingerprint density at radius 2 is 1.94 bits per heavy atom. The van der Waals surface area contributed by atoms with E-state index in [1.807, 2.05) is 51.5 Å². The molecule has 178 valence electrons. The summed E-state index contributed by atoms with van der Waals surface area (Å²) in [6.45, 7) is 7.52. The number of aromatic amines is 1. The van der Waals surface area contributed by atoms with Crippen molar-refractivity contribution in [3.8, 4) is 39.6 Å². The predicted molar refractivity (Wildman–Crippen MR) is 139 cm³/mol. The number of rotatable bonds is 5. The summed E-state index contributed by atoms with van der Waals surface area (Å²) in [7, 11) is 3.66. The number of pyridine rings is 1. The van der Waals surface area contributed by atoms with Gasteiger partial charge in [-0.15, -0.1) is 0 Å². The van der Waals surface area contributed by atoms with Crippen LogP contribution in [0.3, 0.4) is 0 Å². The fraction of sp³-hybridized carbons (Fsp3) is 0.148. The van der Waals surface area contributed by atoms with Crippen molar-refractivity contribution in [3.05, 3.63) is 72.5 Å². The van der Waals surface area contributed by atoms with Crippen molar-refractivity contribution in [1.82, 2.24) is 29.5 Å². The van der Waals surface area contributed by atoms with E-state index in [9.17, 15) is 10.1 Å². The largest absolute Gasteiger partial charge is 0.339 e. The third kappa shape index (κ3) is 3.75. The molecule has 2 N–H and O–H groups in total. The number of H-pyrrole nitrogens is 1. The number of nitrogens with one attached hydrogen (secondary N) is 2. The molecule has 0 fully saturated rings. The number of carbonyl (C=O) groups is 1. The Bertz CT molecular complexity index is 1710. The number of aromatic nitrogens is 6. The number of hydrogen-bond donors (Lipinski definition) is 2. The Morgan fingerprint density at radius 1 is 1.14 bits per heavy atom. The molecule has 0 saturated carbocycles. The molecule has 9 heteroatoms. The number of aryl methyl sites for hydroxylation is 4. The van der Waals surface area contributed by atoms with Gasteiger partial charge >= 0.3 is 0 Å². The number of benzene rings is 1. The van der Waals surface area contributed by atoms with Crippen molar-refractivity contribution in [2.24, 2.45) is 14.1 Å². The van der Waals surface area contributed by atoms with Gasteiger partial charge in [-0.05, 0) is 42.7 Å². The first kappa shape index (κ1) is 22.8. The third-order valence-corrected chi connectivity index (χ3v) is 6.27. The highest BCUT2D eigenvalue weighted by Gasteiger charge is 2.22. The second-order valence-corrected chi connectivity index (χ2v) is 8.70. The molecule has 1 amide bonds. The molecule has 5 rings (SSSR count). The van der Waals surface area contributed by atoms with E-state index in [0.29, 0.717) is 17.0 Å². The Balaban J connectivity index is 1.82. The Morgan fingerprint density at radius 3 is 2.64 bits per heavy atom. The van der Waals surface area contributed by atoms with Gasteiger partial charge in [0.25, 0.3) is 0 Å². The maximum Gasteiger partial charge on any atom is 0.247 e. The summed E-state index contributed by atoms with van der Waals surface area (Å²) in [6, 6.07) is 8.14. The monoisotopic (exact) mass is 476 g/mol. The van der Waals surface area contributed by atoms with Crippen LogP contribution < -0.4 is 5.32 Å². The summed E-state index contributed by atoms with van der Waals surface area (Å²) in [5.74, 6) is -0.276. The van der Waals surface area contributed by atoms with Gasteiger partial charge in [0, 0.05) is 66.0 Å². The van der Waals surface area contributed by atoms with Gasteiger partial charge in [-0.1, -0.05) is 18.7 Å². The lowest BCUT2D eigenvalue weighted by molar-refractivity contribution is -0.111.